The van der Waals surface area contributed by atoms with Crippen molar-refractivity contribution in [1.29, 1.82) is 0 Å². The van der Waals surface area contributed by atoms with Crippen molar-refractivity contribution in [2.75, 3.05) is 13.2 Å². The van der Waals surface area contributed by atoms with Gasteiger partial charge in [0.1, 0.15) is 10.1 Å². The van der Waals surface area contributed by atoms with Gasteiger partial charge in [-0.05, 0) is 69.6 Å². The van der Waals surface area contributed by atoms with Crippen LogP contribution in [0, 0.1) is 0 Å². The molecule has 0 N–H and O–H groups in total. The van der Waals surface area contributed by atoms with Crippen molar-refractivity contribution < 1.29 is 61.6 Å². The zero-order valence-corrected chi connectivity index (χ0v) is 35.4. The molecule has 1 aromatic carbocycles. The summed E-state index contributed by atoms with van der Waals surface area (Å²) >= 11 is 0. The number of ether oxygens (including phenoxy) is 2. The second-order valence-electron chi connectivity index (χ2n) is 13.6. The maximum Gasteiger partial charge on any atom is 1.00 e. The summed E-state index contributed by atoms with van der Waals surface area (Å²) < 4.78 is 45.6. The van der Waals surface area contributed by atoms with E-state index >= 15 is 0 Å². The molecule has 0 saturated heterocycles. The van der Waals surface area contributed by atoms with E-state index in [4.69, 9.17) is 9.47 Å². The van der Waals surface area contributed by atoms with Gasteiger partial charge in [-0.25, -0.2) is 18.0 Å². The quantitative estimate of drug-likeness (QED) is 0.0232. The molecule has 0 saturated carbocycles. The Balaban J connectivity index is 0.0000250. The van der Waals surface area contributed by atoms with Crippen molar-refractivity contribution in [3.05, 3.63) is 53.6 Å². The predicted molar refractivity (Wildman–Crippen MR) is 205 cm³/mol. The van der Waals surface area contributed by atoms with Gasteiger partial charge in [-0.15, -0.1) is 0 Å². The number of rotatable bonds is 33. The minimum atomic E-state index is -4.81. The minimum Gasteiger partial charge on any atom is -0.744 e. The molecule has 1 rings (SSSR count). The molecule has 286 valence electrons. The first-order chi connectivity index (χ1) is 24.3. The molecular formula is C42H69NaO7S. The summed E-state index contributed by atoms with van der Waals surface area (Å²) in [6, 6.07) is 3.12. The van der Waals surface area contributed by atoms with Crippen LogP contribution in [0.4, 0.5) is 0 Å². The van der Waals surface area contributed by atoms with Crippen molar-refractivity contribution in [3.8, 4) is 0 Å². The Hall–Kier alpha value is -1.45. The van der Waals surface area contributed by atoms with Gasteiger partial charge in [-0.1, -0.05) is 154 Å². The number of carbonyl (C=O) groups excluding carboxylic acids is 2. The molecule has 0 spiro atoms. The second-order valence-corrected chi connectivity index (χ2v) is 15.0. The molecule has 51 heavy (non-hydrogen) atoms. The van der Waals surface area contributed by atoms with Crippen LogP contribution in [0.1, 0.15) is 202 Å². The summed E-state index contributed by atoms with van der Waals surface area (Å²) in [6.07, 6.45) is 39.3. The summed E-state index contributed by atoms with van der Waals surface area (Å²) in [5, 5.41) is 0. The van der Waals surface area contributed by atoms with Crippen LogP contribution in [0.25, 0.3) is 0 Å². The third kappa shape index (κ3) is 27.8. The Kier molecular flexibility index (Phi) is 33.4. The fourth-order valence-corrected chi connectivity index (χ4v) is 6.37. The largest absolute Gasteiger partial charge is 1.00 e. The molecule has 0 radical (unpaired) electrons. The van der Waals surface area contributed by atoms with Crippen LogP contribution in [0.3, 0.4) is 0 Å². The van der Waals surface area contributed by atoms with Gasteiger partial charge in [0.2, 0.25) is 0 Å². The molecule has 0 atom stereocenters. The molecule has 9 heteroatoms. The molecule has 0 amide bonds. The number of unbranched alkanes of at least 4 members (excludes halogenated alkanes) is 22. The standard InChI is InChI=1S/C42H70O7S.Na/c1-3-5-7-9-11-13-15-17-19-21-23-25-27-29-31-35-48-41(43)39-34-33-38(50(45,46)47)37-40(39)42(44)49-36-32-30-28-26-24-22-20-18-16-14-12-10-8-6-4-2;/h7-10,33-34,37H,3-6,11-32,35-36H2,1-2H3,(H,45,46,47);/q;+1/p-1/b9-7+,10-8+;. The van der Waals surface area contributed by atoms with Crippen LogP contribution < -0.4 is 29.6 Å². The van der Waals surface area contributed by atoms with Gasteiger partial charge in [0.05, 0.1) is 29.2 Å². The van der Waals surface area contributed by atoms with E-state index in [0.717, 1.165) is 56.7 Å². The summed E-state index contributed by atoms with van der Waals surface area (Å²) in [5.41, 5.74) is -0.343. The number of esters is 2. The fourth-order valence-electron chi connectivity index (χ4n) is 5.87. The van der Waals surface area contributed by atoms with E-state index in [1.54, 1.807) is 0 Å². The molecule has 0 bridgehead atoms. The van der Waals surface area contributed by atoms with Gasteiger partial charge in [-0.2, -0.15) is 0 Å². The van der Waals surface area contributed by atoms with Gasteiger partial charge in [0.25, 0.3) is 0 Å². The van der Waals surface area contributed by atoms with Crippen LogP contribution in [-0.4, -0.2) is 38.1 Å². The molecule has 0 aromatic heterocycles. The number of benzene rings is 1. The number of carbonyl (C=O) groups is 2. The monoisotopic (exact) mass is 740 g/mol. The predicted octanol–water partition coefficient (Wildman–Crippen LogP) is 9.20. The first-order valence-electron chi connectivity index (χ1n) is 20.0. The van der Waals surface area contributed by atoms with Crippen LogP contribution >= 0.6 is 0 Å². The van der Waals surface area contributed by atoms with Crippen molar-refractivity contribution in [2.24, 2.45) is 0 Å². The summed E-state index contributed by atoms with van der Waals surface area (Å²) in [4.78, 5) is 25.1. The maximum atomic E-state index is 12.9. The summed E-state index contributed by atoms with van der Waals surface area (Å²) in [6.45, 7) is 4.77. The van der Waals surface area contributed by atoms with Gasteiger partial charge in [0, 0.05) is 0 Å². The fraction of sp³-hybridized carbons (Fsp3) is 0.714. The molecule has 7 nitrogen and oxygen atoms in total. The smallest absolute Gasteiger partial charge is 0.744 e. The second kappa shape index (κ2) is 34.3. The van der Waals surface area contributed by atoms with Crippen LogP contribution in [-0.2, 0) is 19.6 Å². The van der Waals surface area contributed by atoms with E-state index in [0.29, 0.717) is 12.8 Å². The van der Waals surface area contributed by atoms with Gasteiger partial charge in [0.15, 0.2) is 0 Å². The normalized spacial score (nSPS) is 11.7. The Bertz CT molecular complexity index is 1180. The maximum absolute atomic E-state index is 12.9. The zero-order valence-electron chi connectivity index (χ0n) is 32.6. The van der Waals surface area contributed by atoms with Gasteiger partial charge >= 0.3 is 41.5 Å². The first-order valence-corrected chi connectivity index (χ1v) is 21.5. The van der Waals surface area contributed by atoms with E-state index in [9.17, 15) is 22.6 Å². The van der Waals surface area contributed by atoms with Crippen molar-refractivity contribution in [3.63, 3.8) is 0 Å². The molecule has 0 fully saturated rings. The first kappa shape index (κ1) is 49.6. The molecule has 0 aliphatic rings. The van der Waals surface area contributed by atoms with E-state index < -0.39 is 27.0 Å². The Labute approximate surface area is 334 Å². The van der Waals surface area contributed by atoms with Crippen LogP contribution in [0.2, 0.25) is 0 Å². The number of allylic oxidation sites excluding steroid dienone is 4. The molecule has 0 aliphatic heterocycles. The molecule has 0 unspecified atom stereocenters. The Morgan fingerprint density at radius 1 is 0.529 bits per heavy atom. The van der Waals surface area contributed by atoms with Crippen molar-refractivity contribution in [1.82, 2.24) is 0 Å². The number of hydrogen-bond donors (Lipinski definition) is 0. The Morgan fingerprint density at radius 3 is 1.24 bits per heavy atom. The third-order valence-corrected chi connectivity index (χ3v) is 9.79. The molecule has 0 aliphatic carbocycles. The van der Waals surface area contributed by atoms with Crippen molar-refractivity contribution >= 4 is 22.1 Å². The molecule has 1 aromatic rings. The number of hydrogen-bond acceptors (Lipinski definition) is 7. The van der Waals surface area contributed by atoms with Gasteiger partial charge < -0.3 is 14.0 Å². The van der Waals surface area contributed by atoms with E-state index in [1.165, 1.54) is 116 Å². The van der Waals surface area contributed by atoms with E-state index in [1.807, 2.05) is 0 Å². The SMILES string of the molecule is CCC/C=C/CCCCCCCCCCCCOC(=O)c1ccc(S(=O)(=O)[O-])cc1C(=O)OCCCCCCCCCCCC/C=C/CCC.[Na+]. The summed E-state index contributed by atoms with van der Waals surface area (Å²) in [5.74, 6) is -1.55. The topological polar surface area (TPSA) is 110 Å². The Morgan fingerprint density at radius 2 is 0.863 bits per heavy atom. The van der Waals surface area contributed by atoms with Crippen LogP contribution in [0.15, 0.2) is 47.4 Å². The average molecular weight is 741 g/mol. The zero-order chi connectivity index (χ0) is 36.5. The van der Waals surface area contributed by atoms with Crippen molar-refractivity contribution in [2.45, 2.75) is 186 Å². The molecule has 0 heterocycles. The average Bonchev–Trinajstić information content (AvgIpc) is 3.10. The minimum absolute atomic E-state index is 0. The molecular weight excluding hydrogens is 672 g/mol. The van der Waals surface area contributed by atoms with Crippen LogP contribution in [0.5, 0.6) is 0 Å². The van der Waals surface area contributed by atoms with Gasteiger partial charge in [-0.3, -0.25) is 0 Å². The van der Waals surface area contributed by atoms with E-state index in [2.05, 4.69) is 38.2 Å². The third-order valence-electron chi connectivity index (χ3n) is 8.96. The summed E-state index contributed by atoms with van der Waals surface area (Å²) in [7, 11) is -4.81. The van der Waals surface area contributed by atoms with E-state index in [-0.39, 0.29) is 53.9 Å².